The zero-order valence-electron chi connectivity index (χ0n) is 10.9. The monoisotopic (exact) mass is 217 g/mol. The van der Waals surface area contributed by atoms with Gasteiger partial charge >= 0.3 is 0 Å². The van der Waals surface area contributed by atoms with E-state index in [1.54, 1.807) is 7.11 Å². The van der Waals surface area contributed by atoms with Crippen LogP contribution in [0.2, 0.25) is 0 Å². The highest BCUT2D eigenvalue weighted by Gasteiger charge is 2.16. The van der Waals surface area contributed by atoms with Crippen LogP contribution in [0.25, 0.3) is 0 Å². The van der Waals surface area contributed by atoms with Gasteiger partial charge in [-0.15, -0.1) is 0 Å². The molecule has 0 aliphatic rings. The molecule has 0 radical (unpaired) electrons. The fourth-order valence-electron chi connectivity index (χ4n) is 1.26. The Morgan fingerprint density at radius 1 is 1.33 bits per heavy atom. The second-order valence-corrected chi connectivity index (χ2v) is 4.64. The smallest absolute Gasteiger partial charge is 0.0644 e. The van der Waals surface area contributed by atoms with Gasteiger partial charge in [0.05, 0.1) is 11.7 Å². The summed E-state index contributed by atoms with van der Waals surface area (Å²) in [5.41, 5.74) is -0.0648. The summed E-state index contributed by atoms with van der Waals surface area (Å²) >= 11 is 0. The van der Waals surface area contributed by atoms with Gasteiger partial charge in [-0.3, -0.25) is 0 Å². The number of rotatable bonds is 9. The highest BCUT2D eigenvalue weighted by molar-refractivity contribution is 4.67. The van der Waals surface area contributed by atoms with Crippen LogP contribution in [-0.4, -0.2) is 39.0 Å². The molecular weight excluding hydrogens is 190 g/mol. The van der Waals surface area contributed by atoms with E-state index in [1.807, 2.05) is 7.05 Å². The van der Waals surface area contributed by atoms with Crippen LogP contribution >= 0.6 is 0 Å². The molecule has 0 aromatic carbocycles. The predicted octanol–water partition coefficient (Wildman–Crippen LogP) is 2.21. The molecule has 3 nitrogen and oxygen atoms in total. The molecule has 0 aliphatic carbocycles. The van der Waals surface area contributed by atoms with Gasteiger partial charge in [0, 0.05) is 13.7 Å². The van der Waals surface area contributed by atoms with Gasteiger partial charge in [0.2, 0.25) is 0 Å². The molecule has 0 spiro atoms. The Hall–Kier alpha value is -0.120. The number of ether oxygens (including phenoxy) is 2. The van der Waals surface area contributed by atoms with Crippen molar-refractivity contribution in [2.75, 3.05) is 27.3 Å². The molecule has 0 saturated carbocycles. The van der Waals surface area contributed by atoms with E-state index >= 15 is 0 Å². The fraction of sp³-hybridized carbons (Fsp3) is 1.00. The van der Waals surface area contributed by atoms with E-state index in [4.69, 9.17) is 9.47 Å². The normalized spacial score (nSPS) is 14.2. The second kappa shape index (κ2) is 8.08. The van der Waals surface area contributed by atoms with Crippen LogP contribution < -0.4 is 5.32 Å². The van der Waals surface area contributed by atoms with Crippen LogP contribution in [0.15, 0.2) is 0 Å². The zero-order chi connectivity index (χ0) is 11.7. The third-order valence-corrected chi connectivity index (χ3v) is 2.70. The topological polar surface area (TPSA) is 30.5 Å². The Kier molecular flexibility index (Phi) is 8.02. The van der Waals surface area contributed by atoms with Gasteiger partial charge in [0.1, 0.15) is 0 Å². The highest BCUT2D eigenvalue weighted by Crippen LogP contribution is 2.13. The average molecular weight is 217 g/mol. The molecule has 1 unspecified atom stereocenters. The minimum absolute atomic E-state index is 0.0648. The molecule has 0 heterocycles. The lowest BCUT2D eigenvalue weighted by Crippen LogP contribution is -2.25. The molecule has 0 saturated heterocycles. The molecule has 0 amide bonds. The summed E-state index contributed by atoms with van der Waals surface area (Å²) in [6.07, 6.45) is 3.59. The van der Waals surface area contributed by atoms with Gasteiger partial charge in [0.15, 0.2) is 0 Å². The maximum absolute atomic E-state index is 5.72. The first kappa shape index (κ1) is 14.9. The molecule has 0 fully saturated rings. The summed E-state index contributed by atoms with van der Waals surface area (Å²) in [5, 5.41) is 3.14. The summed E-state index contributed by atoms with van der Waals surface area (Å²) in [6, 6.07) is 0. The SMILES string of the molecule is CNCCCC(C)OCCC(C)(C)OC. The number of hydrogen-bond donors (Lipinski definition) is 1. The van der Waals surface area contributed by atoms with Crippen molar-refractivity contribution in [2.45, 2.75) is 51.7 Å². The van der Waals surface area contributed by atoms with E-state index in [0.717, 1.165) is 26.0 Å². The van der Waals surface area contributed by atoms with Crippen molar-refractivity contribution in [3.05, 3.63) is 0 Å². The van der Waals surface area contributed by atoms with Crippen LogP contribution in [0.3, 0.4) is 0 Å². The number of hydrogen-bond acceptors (Lipinski definition) is 3. The van der Waals surface area contributed by atoms with Crippen LogP contribution in [0, 0.1) is 0 Å². The van der Waals surface area contributed by atoms with Crippen molar-refractivity contribution < 1.29 is 9.47 Å². The van der Waals surface area contributed by atoms with Gasteiger partial charge < -0.3 is 14.8 Å². The van der Waals surface area contributed by atoms with Gasteiger partial charge in [-0.25, -0.2) is 0 Å². The van der Waals surface area contributed by atoms with E-state index in [2.05, 4.69) is 26.1 Å². The molecule has 0 aromatic rings. The van der Waals surface area contributed by atoms with Crippen molar-refractivity contribution in [3.63, 3.8) is 0 Å². The minimum Gasteiger partial charge on any atom is -0.379 e. The lowest BCUT2D eigenvalue weighted by Gasteiger charge is -2.23. The maximum atomic E-state index is 5.72. The molecule has 3 heteroatoms. The van der Waals surface area contributed by atoms with Crippen LogP contribution in [0.1, 0.15) is 40.0 Å². The third-order valence-electron chi connectivity index (χ3n) is 2.70. The first-order valence-corrected chi connectivity index (χ1v) is 5.83. The molecule has 1 atom stereocenters. The van der Waals surface area contributed by atoms with Gasteiger partial charge in [-0.2, -0.15) is 0 Å². The minimum atomic E-state index is -0.0648. The Labute approximate surface area is 94.5 Å². The van der Waals surface area contributed by atoms with Crippen molar-refractivity contribution >= 4 is 0 Å². The van der Waals surface area contributed by atoms with Crippen LogP contribution in [0.4, 0.5) is 0 Å². The largest absolute Gasteiger partial charge is 0.379 e. The zero-order valence-corrected chi connectivity index (χ0v) is 10.9. The van der Waals surface area contributed by atoms with Gasteiger partial charge in [0.25, 0.3) is 0 Å². The summed E-state index contributed by atoms with van der Waals surface area (Å²) < 4.78 is 11.0. The Morgan fingerprint density at radius 2 is 2.00 bits per heavy atom. The average Bonchev–Trinajstić information content (AvgIpc) is 2.18. The molecule has 0 bridgehead atoms. The molecule has 92 valence electrons. The van der Waals surface area contributed by atoms with Crippen molar-refractivity contribution in [1.82, 2.24) is 5.32 Å². The van der Waals surface area contributed by atoms with E-state index in [9.17, 15) is 0 Å². The van der Waals surface area contributed by atoms with Crippen molar-refractivity contribution in [2.24, 2.45) is 0 Å². The lowest BCUT2D eigenvalue weighted by molar-refractivity contribution is -0.0248. The lowest BCUT2D eigenvalue weighted by atomic mass is 10.1. The van der Waals surface area contributed by atoms with Gasteiger partial charge in [-0.1, -0.05) is 0 Å². The quantitative estimate of drug-likeness (QED) is 0.601. The van der Waals surface area contributed by atoms with Crippen LogP contribution in [-0.2, 0) is 9.47 Å². The van der Waals surface area contributed by atoms with Crippen molar-refractivity contribution in [1.29, 1.82) is 0 Å². The Balaban J connectivity index is 3.42. The summed E-state index contributed by atoms with van der Waals surface area (Å²) in [6.45, 7) is 8.15. The van der Waals surface area contributed by atoms with E-state index in [0.29, 0.717) is 6.10 Å². The molecule has 15 heavy (non-hydrogen) atoms. The van der Waals surface area contributed by atoms with Crippen LogP contribution in [0.5, 0.6) is 0 Å². The summed E-state index contributed by atoms with van der Waals surface area (Å²) in [5.74, 6) is 0. The number of methoxy groups -OCH3 is 1. The predicted molar refractivity (Wildman–Crippen MR) is 64.3 cm³/mol. The third kappa shape index (κ3) is 8.85. The molecular formula is C12H27NO2. The maximum Gasteiger partial charge on any atom is 0.0644 e. The first-order valence-electron chi connectivity index (χ1n) is 5.83. The van der Waals surface area contributed by atoms with Crippen molar-refractivity contribution in [3.8, 4) is 0 Å². The van der Waals surface area contributed by atoms with Gasteiger partial charge in [-0.05, 0) is 53.6 Å². The number of nitrogens with one attached hydrogen (secondary N) is 1. The Morgan fingerprint density at radius 3 is 2.53 bits per heavy atom. The molecule has 1 N–H and O–H groups in total. The van der Waals surface area contributed by atoms with E-state index < -0.39 is 0 Å². The van der Waals surface area contributed by atoms with E-state index in [1.165, 1.54) is 6.42 Å². The fourth-order valence-corrected chi connectivity index (χ4v) is 1.26. The van der Waals surface area contributed by atoms with E-state index in [-0.39, 0.29) is 5.60 Å². The standard InChI is InChI=1S/C12H27NO2/c1-11(7-6-9-13-4)15-10-8-12(2,3)14-5/h11,13H,6-10H2,1-5H3. The second-order valence-electron chi connectivity index (χ2n) is 4.64. The summed E-state index contributed by atoms with van der Waals surface area (Å²) in [7, 11) is 3.73. The molecule has 0 aliphatic heterocycles. The first-order chi connectivity index (χ1) is 7.02. The molecule has 0 rings (SSSR count). The highest BCUT2D eigenvalue weighted by atomic mass is 16.5. The Bertz CT molecular complexity index is 149. The molecule has 0 aromatic heterocycles. The summed E-state index contributed by atoms with van der Waals surface area (Å²) in [4.78, 5) is 0.